The molecule has 0 fully saturated rings. The Kier molecular flexibility index (Phi) is 7.88. The maximum absolute atomic E-state index is 13.1. The summed E-state index contributed by atoms with van der Waals surface area (Å²) in [6.45, 7) is 7.98. The van der Waals surface area contributed by atoms with Gasteiger partial charge in [-0.2, -0.15) is 0 Å². The van der Waals surface area contributed by atoms with E-state index in [0.717, 1.165) is 34.6 Å². The Morgan fingerprint density at radius 1 is 0.875 bits per heavy atom. The van der Waals surface area contributed by atoms with E-state index in [1.807, 2.05) is 39.0 Å². The van der Waals surface area contributed by atoms with E-state index in [1.54, 1.807) is 14.2 Å². The van der Waals surface area contributed by atoms with E-state index in [0.29, 0.717) is 0 Å². The minimum Gasteiger partial charge on any atom is -0.598 e. The molecule has 170 valence electrons. The van der Waals surface area contributed by atoms with Gasteiger partial charge in [0.15, 0.2) is 0 Å². The highest BCUT2D eigenvalue weighted by molar-refractivity contribution is 7.90. The minimum atomic E-state index is -1.25. The van der Waals surface area contributed by atoms with E-state index in [4.69, 9.17) is 9.47 Å². The van der Waals surface area contributed by atoms with Crippen LogP contribution in [0.2, 0.25) is 0 Å². The first-order valence-corrected chi connectivity index (χ1v) is 11.9. The molecule has 0 radical (unpaired) electrons. The average molecular weight is 452 g/mol. The summed E-state index contributed by atoms with van der Waals surface area (Å²) in [6.07, 6.45) is 0.782. The van der Waals surface area contributed by atoms with Gasteiger partial charge >= 0.3 is 0 Å². The summed E-state index contributed by atoms with van der Waals surface area (Å²) >= 11 is -1.25. The molecule has 0 aliphatic rings. The number of hydrogen-bond donors (Lipinski definition) is 1. The molecular weight excluding hydrogens is 418 g/mol. The predicted octanol–water partition coefficient (Wildman–Crippen LogP) is 5.74. The molecule has 0 spiro atoms. The standard InChI is InChI=1S/C27H33NO3S/c1-19-7-12-22(13-8-19)26(28-32(29)27(2,3)4)24-18-21(11-16-25(24)31-6)17-20-9-14-23(30-5)15-10-20/h7-16,18,26,28H,17H2,1-6H3/t26?,32-/m0/s1. The Labute approximate surface area is 195 Å². The fourth-order valence-corrected chi connectivity index (χ4v) is 4.28. The van der Waals surface area contributed by atoms with E-state index in [-0.39, 0.29) is 6.04 Å². The van der Waals surface area contributed by atoms with Crippen molar-refractivity contribution in [2.75, 3.05) is 14.2 Å². The summed E-state index contributed by atoms with van der Waals surface area (Å²) < 4.78 is 27.0. The summed E-state index contributed by atoms with van der Waals surface area (Å²) in [4.78, 5) is 0. The van der Waals surface area contributed by atoms with Crippen LogP contribution in [-0.4, -0.2) is 23.5 Å². The molecule has 0 aliphatic carbocycles. The number of hydrogen-bond acceptors (Lipinski definition) is 4. The lowest BCUT2D eigenvalue weighted by atomic mass is 9.94. The molecule has 0 heterocycles. The highest BCUT2D eigenvalue weighted by atomic mass is 32.2. The predicted molar refractivity (Wildman–Crippen MR) is 133 cm³/mol. The molecule has 0 saturated carbocycles. The third-order valence-corrected chi connectivity index (χ3v) is 6.93. The molecule has 4 nitrogen and oxygen atoms in total. The fraction of sp³-hybridized carbons (Fsp3) is 0.333. The summed E-state index contributed by atoms with van der Waals surface area (Å²) in [5, 5.41) is 0. The SMILES string of the molecule is COc1ccc(Cc2ccc(OC)c(C(N[S@@+]([O-])C(C)(C)C)c3ccc(C)cc3)c2)cc1. The van der Waals surface area contributed by atoms with Gasteiger partial charge in [-0.1, -0.05) is 48.0 Å². The second-order valence-corrected chi connectivity index (χ2v) is 10.9. The van der Waals surface area contributed by atoms with Crippen molar-refractivity contribution in [3.8, 4) is 11.5 Å². The number of nitrogens with one attached hydrogen (secondary N) is 1. The van der Waals surface area contributed by atoms with E-state index in [1.165, 1.54) is 11.1 Å². The first-order chi connectivity index (χ1) is 15.2. The lowest BCUT2D eigenvalue weighted by Gasteiger charge is -2.29. The molecule has 32 heavy (non-hydrogen) atoms. The zero-order valence-corrected chi connectivity index (χ0v) is 20.6. The zero-order valence-electron chi connectivity index (χ0n) is 19.8. The third kappa shape index (κ3) is 6.06. The van der Waals surface area contributed by atoms with Crippen molar-refractivity contribution in [1.82, 2.24) is 4.72 Å². The molecule has 0 aliphatic heterocycles. The van der Waals surface area contributed by atoms with Crippen molar-refractivity contribution in [3.63, 3.8) is 0 Å². The van der Waals surface area contributed by atoms with Crippen molar-refractivity contribution in [2.24, 2.45) is 0 Å². The van der Waals surface area contributed by atoms with E-state index in [9.17, 15) is 4.55 Å². The topological polar surface area (TPSA) is 53.5 Å². The van der Waals surface area contributed by atoms with Gasteiger partial charge in [0.1, 0.15) is 22.3 Å². The Balaban J connectivity index is 2.00. The molecule has 5 heteroatoms. The van der Waals surface area contributed by atoms with Crippen LogP contribution in [0.25, 0.3) is 0 Å². The van der Waals surface area contributed by atoms with Crippen LogP contribution in [0.4, 0.5) is 0 Å². The molecule has 3 rings (SSSR count). The molecule has 2 atom stereocenters. The van der Waals surface area contributed by atoms with Crippen molar-refractivity contribution < 1.29 is 14.0 Å². The highest BCUT2D eigenvalue weighted by Gasteiger charge is 2.32. The Morgan fingerprint density at radius 3 is 2.06 bits per heavy atom. The number of methoxy groups -OCH3 is 2. The normalized spacial score (nSPS) is 13.5. The number of ether oxygens (including phenoxy) is 2. The molecule has 0 amide bonds. The van der Waals surface area contributed by atoms with Crippen LogP contribution >= 0.6 is 0 Å². The van der Waals surface area contributed by atoms with Crippen LogP contribution < -0.4 is 14.2 Å². The lowest BCUT2D eigenvalue weighted by Crippen LogP contribution is -2.41. The van der Waals surface area contributed by atoms with Gasteiger partial charge in [0.2, 0.25) is 0 Å². The highest BCUT2D eigenvalue weighted by Crippen LogP contribution is 2.34. The summed E-state index contributed by atoms with van der Waals surface area (Å²) in [5.74, 6) is 1.62. The summed E-state index contributed by atoms with van der Waals surface area (Å²) in [5.41, 5.74) is 5.56. The van der Waals surface area contributed by atoms with Gasteiger partial charge in [0, 0.05) is 16.9 Å². The van der Waals surface area contributed by atoms with Crippen LogP contribution in [0.15, 0.2) is 66.7 Å². The molecule has 1 unspecified atom stereocenters. The van der Waals surface area contributed by atoms with Crippen LogP contribution in [0, 0.1) is 6.92 Å². The quantitative estimate of drug-likeness (QED) is 0.444. The Bertz CT molecular complexity index is 1010. The number of aryl methyl sites for hydroxylation is 1. The summed E-state index contributed by atoms with van der Waals surface area (Å²) in [6, 6.07) is 22.4. The molecule has 0 saturated heterocycles. The largest absolute Gasteiger partial charge is 0.598 e. The van der Waals surface area contributed by atoms with Crippen LogP contribution in [0.1, 0.15) is 54.6 Å². The van der Waals surface area contributed by atoms with Crippen molar-refractivity contribution in [2.45, 2.75) is 44.9 Å². The number of rotatable bonds is 8. The van der Waals surface area contributed by atoms with Gasteiger partial charge in [-0.05, 0) is 75.1 Å². The molecule has 1 N–H and O–H groups in total. The molecule has 0 aromatic heterocycles. The Morgan fingerprint density at radius 2 is 1.50 bits per heavy atom. The van der Waals surface area contributed by atoms with Crippen LogP contribution in [0.5, 0.6) is 11.5 Å². The fourth-order valence-electron chi connectivity index (χ4n) is 3.45. The van der Waals surface area contributed by atoms with Gasteiger partial charge in [-0.15, -0.1) is 4.72 Å². The monoisotopic (exact) mass is 451 g/mol. The zero-order chi connectivity index (χ0) is 23.3. The minimum absolute atomic E-state index is 0.263. The van der Waals surface area contributed by atoms with E-state index >= 15 is 0 Å². The number of benzene rings is 3. The van der Waals surface area contributed by atoms with Gasteiger partial charge < -0.3 is 14.0 Å². The van der Waals surface area contributed by atoms with Gasteiger partial charge in [0.05, 0.1) is 14.2 Å². The maximum Gasteiger partial charge on any atom is 0.136 e. The molecule has 0 bridgehead atoms. The molecule has 3 aromatic carbocycles. The first-order valence-electron chi connectivity index (χ1n) is 10.8. The Hall–Kier alpha value is -2.47. The second-order valence-electron chi connectivity index (χ2n) is 8.94. The van der Waals surface area contributed by atoms with Crippen molar-refractivity contribution in [1.29, 1.82) is 0 Å². The second kappa shape index (κ2) is 10.4. The van der Waals surface area contributed by atoms with E-state index < -0.39 is 16.1 Å². The van der Waals surface area contributed by atoms with Crippen molar-refractivity contribution >= 4 is 11.4 Å². The van der Waals surface area contributed by atoms with Crippen LogP contribution in [-0.2, 0) is 17.8 Å². The van der Waals surface area contributed by atoms with Crippen LogP contribution in [0.3, 0.4) is 0 Å². The molecule has 3 aromatic rings. The smallest absolute Gasteiger partial charge is 0.136 e. The lowest BCUT2D eigenvalue weighted by molar-refractivity contribution is 0.406. The van der Waals surface area contributed by atoms with Gasteiger partial charge in [-0.3, -0.25) is 0 Å². The van der Waals surface area contributed by atoms with E-state index in [2.05, 4.69) is 60.2 Å². The molecular formula is C27H33NO3S. The summed E-state index contributed by atoms with van der Waals surface area (Å²) in [7, 11) is 3.35. The van der Waals surface area contributed by atoms with Crippen molar-refractivity contribution in [3.05, 3.63) is 94.5 Å². The first kappa shape index (κ1) is 24.2. The third-order valence-electron chi connectivity index (χ3n) is 5.36. The average Bonchev–Trinajstić information content (AvgIpc) is 2.78. The van der Waals surface area contributed by atoms with Gasteiger partial charge in [0.25, 0.3) is 0 Å². The maximum atomic E-state index is 13.1. The van der Waals surface area contributed by atoms with Gasteiger partial charge in [-0.25, -0.2) is 0 Å².